The van der Waals surface area contributed by atoms with E-state index in [0.29, 0.717) is 6.61 Å². The Morgan fingerprint density at radius 1 is 1.92 bits per heavy atom. The average Bonchev–Trinajstić information content (AvgIpc) is 2.51. The fraction of sp³-hybridized carbons (Fsp3) is 0.857. The fourth-order valence-corrected chi connectivity index (χ4v) is 1.31. The van der Waals surface area contributed by atoms with Gasteiger partial charge >= 0.3 is 6.09 Å². The third-order valence-corrected chi connectivity index (χ3v) is 1.95. The summed E-state index contributed by atoms with van der Waals surface area (Å²) in [6, 6.07) is -0.357. The van der Waals surface area contributed by atoms with Gasteiger partial charge in [-0.15, -0.1) is 0 Å². The van der Waals surface area contributed by atoms with Gasteiger partial charge in [0.1, 0.15) is 6.61 Å². The van der Waals surface area contributed by atoms with Crippen molar-refractivity contribution in [1.82, 2.24) is 5.32 Å². The molecule has 1 aliphatic heterocycles. The number of alkyl carbamates (subject to hydrolysis) is 1. The Balaban J connectivity index is 2.53. The largest absolute Gasteiger partial charge is 0.447 e. The molecule has 1 aliphatic rings. The van der Waals surface area contributed by atoms with Crippen LogP contribution in [0.15, 0.2) is 5.11 Å². The van der Waals surface area contributed by atoms with Crippen molar-refractivity contribution in [2.24, 2.45) is 5.11 Å². The van der Waals surface area contributed by atoms with Gasteiger partial charge in [0.25, 0.3) is 0 Å². The van der Waals surface area contributed by atoms with E-state index in [0.717, 1.165) is 12.8 Å². The van der Waals surface area contributed by atoms with E-state index in [4.69, 9.17) is 10.3 Å². The lowest BCUT2D eigenvalue weighted by Crippen LogP contribution is -2.36. The first-order valence-electron chi connectivity index (χ1n) is 4.25. The molecule has 1 saturated heterocycles. The lowest BCUT2D eigenvalue weighted by molar-refractivity contribution is 0.176. The van der Waals surface area contributed by atoms with Gasteiger partial charge in [0.2, 0.25) is 0 Å². The number of ether oxygens (including phenoxy) is 1. The number of carbonyl (C=O) groups is 1. The Morgan fingerprint density at radius 2 is 2.69 bits per heavy atom. The summed E-state index contributed by atoms with van der Waals surface area (Å²) < 4.78 is 4.71. The molecule has 6 heteroatoms. The van der Waals surface area contributed by atoms with E-state index in [9.17, 15) is 4.79 Å². The Morgan fingerprint density at radius 3 is 3.15 bits per heavy atom. The summed E-state index contributed by atoms with van der Waals surface area (Å²) in [4.78, 5) is 13.4. The van der Waals surface area contributed by atoms with Gasteiger partial charge in [-0.25, -0.2) is 4.79 Å². The van der Waals surface area contributed by atoms with Crippen LogP contribution >= 0.6 is 0 Å². The molecular formula is C7H12N4O2. The van der Waals surface area contributed by atoms with Gasteiger partial charge < -0.3 is 10.1 Å². The molecule has 6 nitrogen and oxygen atoms in total. The highest BCUT2D eigenvalue weighted by molar-refractivity contribution is 5.69. The minimum absolute atomic E-state index is 0.164. The molecule has 0 saturated carbocycles. The standard InChI is InChI=1S/C7H12N4O2/c1-2-3-5(10-11-8)6-4-13-7(12)9-6/h5-6H,2-4H2,1H3,(H,9,12)/t5-,6+/m0/s1. The van der Waals surface area contributed by atoms with Gasteiger partial charge in [-0.1, -0.05) is 18.5 Å². The second-order valence-electron chi connectivity index (χ2n) is 2.91. The lowest BCUT2D eigenvalue weighted by Gasteiger charge is -2.14. The molecule has 1 rings (SSSR count). The van der Waals surface area contributed by atoms with Crippen molar-refractivity contribution >= 4 is 6.09 Å². The predicted molar refractivity (Wildman–Crippen MR) is 46.1 cm³/mol. The van der Waals surface area contributed by atoms with E-state index in [-0.39, 0.29) is 12.1 Å². The van der Waals surface area contributed by atoms with Crippen LogP contribution in [-0.4, -0.2) is 24.8 Å². The van der Waals surface area contributed by atoms with Crippen LogP contribution in [0.25, 0.3) is 10.4 Å². The van der Waals surface area contributed by atoms with E-state index >= 15 is 0 Å². The molecule has 0 aromatic carbocycles. The van der Waals surface area contributed by atoms with Crippen LogP contribution in [0, 0.1) is 0 Å². The van der Waals surface area contributed by atoms with Gasteiger partial charge in [0.05, 0.1) is 12.1 Å². The molecule has 2 atom stereocenters. The summed E-state index contributed by atoms with van der Waals surface area (Å²) in [5.74, 6) is 0. The first-order chi connectivity index (χ1) is 6.27. The van der Waals surface area contributed by atoms with Gasteiger partial charge in [0, 0.05) is 4.91 Å². The summed E-state index contributed by atoms with van der Waals surface area (Å²) in [7, 11) is 0. The first kappa shape index (κ1) is 9.67. The zero-order chi connectivity index (χ0) is 9.68. The van der Waals surface area contributed by atoms with E-state index in [2.05, 4.69) is 15.3 Å². The maximum Gasteiger partial charge on any atom is 0.407 e. The third-order valence-electron chi connectivity index (χ3n) is 1.95. The van der Waals surface area contributed by atoms with Crippen molar-refractivity contribution < 1.29 is 9.53 Å². The van der Waals surface area contributed by atoms with Crippen LogP contribution in [0.3, 0.4) is 0 Å². The monoisotopic (exact) mass is 184 g/mol. The van der Waals surface area contributed by atoms with Crippen LogP contribution in [0.2, 0.25) is 0 Å². The minimum atomic E-state index is -0.431. The third kappa shape index (κ3) is 2.52. The zero-order valence-corrected chi connectivity index (χ0v) is 7.43. The molecule has 1 heterocycles. The normalized spacial score (nSPS) is 22.8. The topological polar surface area (TPSA) is 87.1 Å². The van der Waals surface area contributed by atoms with Gasteiger partial charge in [-0.05, 0) is 12.0 Å². The van der Waals surface area contributed by atoms with Crippen molar-refractivity contribution in [3.05, 3.63) is 10.4 Å². The molecule has 1 N–H and O–H groups in total. The highest BCUT2D eigenvalue weighted by atomic mass is 16.6. The van der Waals surface area contributed by atoms with Crippen molar-refractivity contribution in [1.29, 1.82) is 0 Å². The second-order valence-corrected chi connectivity index (χ2v) is 2.91. The van der Waals surface area contributed by atoms with Gasteiger partial charge in [-0.3, -0.25) is 0 Å². The summed E-state index contributed by atoms with van der Waals surface area (Å²) in [5.41, 5.74) is 8.29. The van der Waals surface area contributed by atoms with Crippen LogP contribution in [0.4, 0.5) is 4.79 Å². The number of nitrogens with one attached hydrogen (secondary N) is 1. The quantitative estimate of drug-likeness (QED) is 0.408. The molecule has 0 aliphatic carbocycles. The molecular weight excluding hydrogens is 172 g/mol. The Hall–Kier alpha value is -1.42. The molecule has 0 spiro atoms. The number of amides is 1. The number of rotatable bonds is 4. The van der Waals surface area contributed by atoms with E-state index in [1.807, 2.05) is 6.92 Å². The van der Waals surface area contributed by atoms with Crippen molar-refractivity contribution in [2.75, 3.05) is 6.61 Å². The van der Waals surface area contributed by atoms with Gasteiger partial charge in [-0.2, -0.15) is 0 Å². The lowest BCUT2D eigenvalue weighted by atomic mass is 10.1. The van der Waals surface area contributed by atoms with Gasteiger partial charge in [0.15, 0.2) is 0 Å². The first-order valence-corrected chi connectivity index (χ1v) is 4.25. The van der Waals surface area contributed by atoms with E-state index < -0.39 is 6.09 Å². The number of carbonyl (C=O) groups excluding carboxylic acids is 1. The molecule has 0 radical (unpaired) electrons. The number of azide groups is 1. The molecule has 13 heavy (non-hydrogen) atoms. The van der Waals surface area contributed by atoms with Crippen LogP contribution < -0.4 is 5.32 Å². The minimum Gasteiger partial charge on any atom is -0.447 e. The van der Waals surface area contributed by atoms with Crippen molar-refractivity contribution in [3.63, 3.8) is 0 Å². The number of cyclic esters (lactones) is 1. The fourth-order valence-electron chi connectivity index (χ4n) is 1.31. The summed E-state index contributed by atoms with van der Waals surface area (Å²) in [5, 5.41) is 6.21. The van der Waals surface area contributed by atoms with E-state index in [1.54, 1.807) is 0 Å². The number of nitrogens with zero attached hydrogens (tertiary/aromatic N) is 3. The number of hydrogen-bond acceptors (Lipinski definition) is 3. The Labute approximate surface area is 75.9 Å². The summed E-state index contributed by atoms with van der Waals surface area (Å²) >= 11 is 0. The maximum absolute atomic E-state index is 10.7. The van der Waals surface area contributed by atoms with Crippen LogP contribution in [0.1, 0.15) is 19.8 Å². The average molecular weight is 184 g/mol. The maximum atomic E-state index is 10.7. The van der Waals surface area contributed by atoms with E-state index in [1.165, 1.54) is 0 Å². The Kier molecular flexibility index (Phi) is 3.40. The number of hydrogen-bond donors (Lipinski definition) is 1. The smallest absolute Gasteiger partial charge is 0.407 e. The van der Waals surface area contributed by atoms with Crippen molar-refractivity contribution in [3.8, 4) is 0 Å². The summed E-state index contributed by atoms with van der Waals surface area (Å²) in [6.45, 7) is 2.29. The molecule has 72 valence electrons. The molecule has 0 unspecified atom stereocenters. The predicted octanol–water partition coefficient (Wildman–Crippen LogP) is 1.57. The Bertz CT molecular complexity index is 237. The van der Waals surface area contributed by atoms with Crippen molar-refractivity contribution in [2.45, 2.75) is 31.8 Å². The second kappa shape index (κ2) is 4.57. The molecule has 0 aromatic heterocycles. The SMILES string of the molecule is CCC[C@H](N=[N+]=[N-])[C@H]1COC(=O)N1. The highest BCUT2D eigenvalue weighted by Crippen LogP contribution is 2.12. The zero-order valence-electron chi connectivity index (χ0n) is 7.43. The van der Waals surface area contributed by atoms with Crippen LogP contribution in [0.5, 0.6) is 0 Å². The highest BCUT2D eigenvalue weighted by Gasteiger charge is 2.28. The molecule has 1 fully saturated rings. The molecule has 1 amide bonds. The molecule has 0 bridgehead atoms. The molecule has 0 aromatic rings. The van der Waals surface area contributed by atoms with Crippen LogP contribution in [-0.2, 0) is 4.74 Å². The summed E-state index contributed by atoms with van der Waals surface area (Å²) in [6.07, 6.45) is 1.24.